The van der Waals surface area contributed by atoms with Gasteiger partial charge in [-0.25, -0.2) is 0 Å². The molecule has 1 aliphatic carbocycles. The van der Waals surface area contributed by atoms with E-state index in [0.717, 1.165) is 40.6 Å². The SMILES string of the molecule is NCc1ccc2[nH]c3c(c2c1)C(=O)CCC3. The van der Waals surface area contributed by atoms with Crippen molar-refractivity contribution in [3.63, 3.8) is 0 Å². The number of hydrogen-bond acceptors (Lipinski definition) is 2. The largest absolute Gasteiger partial charge is 0.358 e. The van der Waals surface area contributed by atoms with Crippen LogP contribution in [0.5, 0.6) is 0 Å². The quantitative estimate of drug-likeness (QED) is 0.764. The summed E-state index contributed by atoms with van der Waals surface area (Å²) in [5, 5.41) is 1.04. The lowest BCUT2D eigenvalue weighted by molar-refractivity contribution is 0.0974. The molecule has 3 N–H and O–H groups in total. The number of H-pyrrole nitrogens is 1. The number of aromatic nitrogens is 1. The highest BCUT2D eigenvalue weighted by atomic mass is 16.1. The van der Waals surface area contributed by atoms with Gasteiger partial charge in [0.15, 0.2) is 5.78 Å². The second kappa shape index (κ2) is 3.46. The maximum Gasteiger partial charge on any atom is 0.165 e. The Kier molecular flexibility index (Phi) is 2.07. The average Bonchev–Trinajstić information content (AvgIpc) is 2.67. The molecule has 0 aliphatic heterocycles. The number of aromatic amines is 1. The van der Waals surface area contributed by atoms with Crippen LogP contribution < -0.4 is 5.73 Å². The van der Waals surface area contributed by atoms with E-state index in [9.17, 15) is 4.79 Å². The second-order valence-electron chi connectivity index (χ2n) is 4.34. The number of ketones is 1. The normalized spacial score (nSPS) is 15.4. The molecule has 0 fully saturated rings. The van der Waals surface area contributed by atoms with Crippen molar-refractivity contribution in [2.75, 3.05) is 0 Å². The third-order valence-corrected chi connectivity index (χ3v) is 3.29. The molecule has 2 aromatic rings. The van der Waals surface area contributed by atoms with E-state index in [1.807, 2.05) is 18.2 Å². The topological polar surface area (TPSA) is 58.9 Å². The number of rotatable bonds is 1. The van der Waals surface area contributed by atoms with Crippen molar-refractivity contribution < 1.29 is 4.79 Å². The highest BCUT2D eigenvalue weighted by Crippen LogP contribution is 2.29. The van der Waals surface area contributed by atoms with E-state index in [2.05, 4.69) is 4.98 Å². The fourth-order valence-electron chi connectivity index (χ4n) is 2.48. The lowest BCUT2D eigenvalue weighted by Gasteiger charge is -2.09. The zero-order chi connectivity index (χ0) is 11.1. The molecule has 3 nitrogen and oxygen atoms in total. The van der Waals surface area contributed by atoms with Crippen LogP contribution in [0.15, 0.2) is 18.2 Å². The third-order valence-electron chi connectivity index (χ3n) is 3.29. The Labute approximate surface area is 93.6 Å². The molecule has 0 saturated heterocycles. The first-order valence-electron chi connectivity index (χ1n) is 5.66. The molecule has 0 amide bonds. The van der Waals surface area contributed by atoms with E-state index >= 15 is 0 Å². The number of Topliss-reactive ketones (excluding diaryl/α,β-unsaturated/α-hetero) is 1. The number of nitrogens with one attached hydrogen (secondary N) is 1. The van der Waals surface area contributed by atoms with E-state index in [0.29, 0.717) is 13.0 Å². The monoisotopic (exact) mass is 214 g/mol. The van der Waals surface area contributed by atoms with E-state index in [1.54, 1.807) is 0 Å². The Morgan fingerprint density at radius 1 is 1.31 bits per heavy atom. The molecule has 0 saturated carbocycles. The van der Waals surface area contributed by atoms with Gasteiger partial charge in [-0.15, -0.1) is 0 Å². The number of hydrogen-bond donors (Lipinski definition) is 2. The molecule has 1 aromatic heterocycles. The molecule has 0 atom stereocenters. The van der Waals surface area contributed by atoms with Crippen molar-refractivity contribution in [3.8, 4) is 0 Å². The van der Waals surface area contributed by atoms with Gasteiger partial charge in [0.2, 0.25) is 0 Å². The summed E-state index contributed by atoms with van der Waals surface area (Å²) in [7, 11) is 0. The first-order chi connectivity index (χ1) is 7.79. The van der Waals surface area contributed by atoms with Gasteiger partial charge in [-0.1, -0.05) is 6.07 Å². The molecule has 1 aliphatic rings. The van der Waals surface area contributed by atoms with Gasteiger partial charge >= 0.3 is 0 Å². The molecule has 3 heteroatoms. The van der Waals surface area contributed by atoms with Crippen molar-refractivity contribution in [2.45, 2.75) is 25.8 Å². The number of fused-ring (bicyclic) bond motifs is 3. The summed E-state index contributed by atoms with van der Waals surface area (Å²) >= 11 is 0. The highest BCUT2D eigenvalue weighted by Gasteiger charge is 2.22. The number of nitrogens with two attached hydrogens (primary N) is 1. The predicted molar refractivity (Wildman–Crippen MR) is 63.5 cm³/mol. The molecular formula is C13H14N2O. The molecular weight excluding hydrogens is 200 g/mol. The first kappa shape index (κ1) is 9.60. The van der Waals surface area contributed by atoms with Gasteiger partial charge in [-0.2, -0.15) is 0 Å². The fourth-order valence-corrected chi connectivity index (χ4v) is 2.48. The van der Waals surface area contributed by atoms with Gasteiger partial charge in [0.05, 0.1) is 0 Å². The minimum absolute atomic E-state index is 0.265. The highest BCUT2D eigenvalue weighted by molar-refractivity contribution is 6.10. The average molecular weight is 214 g/mol. The second-order valence-corrected chi connectivity index (χ2v) is 4.34. The molecule has 1 aromatic carbocycles. The van der Waals surface area contributed by atoms with Gasteiger partial charge in [0, 0.05) is 35.1 Å². The third kappa shape index (κ3) is 1.28. The summed E-state index contributed by atoms with van der Waals surface area (Å²) in [5.41, 5.74) is 9.75. The van der Waals surface area contributed by atoms with Crippen LogP contribution in [0.25, 0.3) is 10.9 Å². The summed E-state index contributed by atoms with van der Waals surface area (Å²) in [5.74, 6) is 0.265. The molecule has 1 heterocycles. The molecule has 16 heavy (non-hydrogen) atoms. The van der Waals surface area contributed by atoms with Crippen molar-refractivity contribution in [1.29, 1.82) is 0 Å². The number of carbonyl (C=O) groups excluding carboxylic acids is 1. The van der Waals surface area contributed by atoms with Crippen molar-refractivity contribution >= 4 is 16.7 Å². The Bertz CT molecular complexity index is 569. The Morgan fingerprint density at radius 3 is 3.00 bits per heavy atom. The zero-order valence-electron chi connectivity index (χ0n) is 9.05. The summed E-state index contributed by atoms with van der Waals surface area (Å²) in [6.07, 6.45) is 2.61. The van der Waals surface area contributed by atoms with Crippen LogP contribution in [0, 0.1) is 0 Å². The lowest BCUT2D eigenvalue weighted by Crippen LogP contribution is -2.09. The van der Waals surface area contributed by atoms with E-state index in [4.69, 9.17) is 5.73 Å². The van der Waals surface area contributed by atoms with Gasteiger partial charge in [-0.05, 0) is 30.5 Å². The van der Waals surface area contributed by atoms with Gasteiger partial charge in [0.1, 0.15) is 0 Å². The van der Waals surface area contributed by atoms with E-state index in [1.165, 1.54) is 0 Å². The molecule has 3 rings (SSSR count). The summed E-state index contributed by atoms with van der Waals surface area (Å²) in [6, 6.07) is 6.06. The Hall–Kier alpha value is -1.61. The van der Waals surface area contributed by atoms with Crippen LogP contribution in [-0.4, -0.2) is 10.8 Å². The van der Waals surface area contributed by atoms with Crippen molar-refractivity contribution in [2.24, 2.45) is 5.73 Å². The molecule has 0 spiro atoms. The number of benzene rings is 1. The van der Waals surface area contributed by atoms with Crippen LogP contribution >= 0.6 is 0 Å². The van der Waals surface area contributed by atoms with Crippen LogP contribution in [0.2, 0.25) is 0 Å². The van der Waals surface area contributed by atoms with E-state index in [-0.39, 0.29) is 5.78 Å². The van der Waals surface area contributed by atoms with Crippen LogP contribution in [0.1, 0.15) is 34.5 Å². The van der Waals surface area contributed by atoms with Crippen molar-refractivity contribution in [1.82, 2.24) is 4.98 Å². The van der Waals surface area contributed by atoms with Gasteiger partial charge in [-0.3, -0.25) is 4.79 Å². The molecule has 0 unspecified atom stereocenters. The van der Waals surface area contributed by atoms with Crippen LogP contribution in [0.4, 0.5) is 0 Å². The van der Waals surface area contributed by atoms with Crippen LogP contribution in [-0.2, 0) is 13.0 Å². The smallest absolute Gasteiger partial charge is 0.165 e. The Morgan fingerprint density at radius 2 is 2.19 bits per heavy atom. The fraction of sp³-hybridized carbons (Fsp3) is 0.308. The summed E-state index contributed by atoms with van der Waals surface area (Å²) in [6.45, 7) is 0.518. The minimum atomic E-state index is 0.265. The van der Waals surface area contributed by atoms with Gasteiger partial charge < -0.3 is 10.7 Å². The summed E-state index contributed by atoms with van der Waals surface area (Å²) < 4.78 is 0. The molecule has 0 bridgehead atoms. The Balaban J connectivity index is 2.31. The maximum absolute atomic E-state index is 11.9. The standard InChI is InChI=1S/C13H14N2O/c14-7-8-4-5-10-9(6-8)13-11(15-10)2-1-3-12(13)16/h4-6,15H,1-3,7,14H2. The zero-order valence-corrected chi connectivity index (χ0v) is 9.05. The molecule has 0 radical (unpaired) electrons. The van der Waals surface area contributed by atoms with E-state index < -0.39 is 0 Å². The number of aryl methyl sites for hydroxylation is 1. The van der Waals surface area contributed by atoms with Crippen molar-refractivity contribution in [3.05, 3.63) is 35.0 Å². The van der Waals surface area contributed by atoms with Gasteiger partial charge in [0.25, 0.3) is 0 Å². The lowest BCUT2D eigenvalue weighted by atomic mass is 9.94. The minimum Gasteiger partial charge on any atom is -0.358 e. The first-order valence-corrected chi connectivity index (χ1v) is 5.66. The predicted octanol–water partition coefficient (Wildman–Crippen LogP) is 2.15. The number of carbonyl (C=O) groups is 1. The maximum atomic E-state index is 11.9. The van der Waals surface area contributed by atoms with Crippen LogP contribution in [0.3, 0.4) is 0 Å². The molecule has 82 valence electrons. The summed E-state index contributed by atoms with van der Waals surface area (Å²) in [4.78, 5) is 15.2.